The SMILES string of the molecule is CCOc1c(Cl)cc(/C=C/C(=O)N2CCN(Cc3cccnc3)CC2)cc1OC. The highest BCUT2D eigenvalue weighted by Crippen LogP contribution is 2.36. The normalized spacial score (nSPS) is 14.9. The number of methoxy groups -OCH3 is 1. The Hall–Kier alpha value is -2.57. The van der Waals surface area contributed by atoms with Gasteiger partial charge in [0, 0.05) is 51.2 Å². The van der Waals surface area contributed by atoms with Crippen molar-refractivity contribution in [1.82, 2.24) is 14.8 Å². The second-order valence-electron chi connectivity index (χ2n) is 6.76. The molecule has 2 aromatic rings. The molecule has 1 aliphatic rings. The Morgan fingerprint density at radius 1 is 1.28 bits per heavy atom. The van der Waals surface area contributed by atoms with Crippen LogP contribution in [0.15, 0.2) is 42.7 Å². The molecule has 0 N–H and O–H groups in total. The summed E-state index contributed by atoms with van der Waals surface area (Å²) in [5.41, 5.74) is 1.98. The number of ether oxygens (including phenoxy) is 2. The van der Waals surface area contributed by atoms with E-state index in [1.165, 1.54) is 5.56 Å². The Kier molecular flexibility index (Phi) is 7.49. The van der Waals surface area contributed by atoms with Gasteiger partial charge in [0.25, 0.3) is 0 Å². The van der Waals surface area contributed by atoms with E-state index in [1.807, 2.05) is 30.2 Å². The predicted molar refractivity (Wildman–Crippen MR) is 114 cm³/mol. The largest absolute Gasteiger partial charge is 0.493 e. The van der Waals surface area contributed by atoms with E-state index >= 15 is 0 Å². The fourth-order valence-corrected chi connectivity index (χ4v) is 3.54. The lowest BCUT2D eigenvalue weighted by Crippen LogP contribution is -2.47. The Morgan fingerprint density at radius 2 is 2.07 bits per heavy atom. The van der Waals surface area contributed by atoms with Crippen LogP contribution in [0.25, 0.3) is 6.08 Å². The lowest BCUT2D eigenvalue weighted by molar-refractivity contribution is -0.127. The first-order valence-corrected chi connectivity index (χ1v) is 10.1. The summed E-state index contributed by atoms with van der Waals surface area (Å²) in [6.07, 6.45) is 7.01. The smallest absolute Gasteiger partial charge is 0.246 e. The number of hydrogen-bond donors (Lipinski definition) is 0. The number of halogens is 1. The molecule has 0 saturated carbocycles. The van der Waals surface area contributed by atoms with Crippen LogP contribution in [-0.4, -0.2) is 60.6 Å². The molecule has 6 nitrogen and oxygen atoms in total. The fraction of sp³-hybridized carbons (Fsp3) is 0.364. The van der Waals surface area contributed by atoms with Crippen LogP contribution in [0.1, 0.15) is 18.1 Å². The van der Waals surface area contributed by atoms with E-state index in [0.29, 0.717) is 36.2 Å². The third-order valence-corrected chi connectivity index (χ3v) is 5.05. The number of benzene rings is 1. The van der Waals surface area contributed by atoms with Crippen LogP contribution in [0.5, 0.6) is 11.5 Å². The molecule has 0 unspecified atom stereocenters. The third-order valence-electron chi connectivity index (χ3n) is 4.77. The second kappa shape index (κ2) is 10.3. The molecule has 0 bridgehead atoms. The van der Waals surface area contributed by atoms with Crippen LogP contribution >= 0.6 is 11.6 Å². The molecule has 1 amide bonds. The monoisotopic (exact) mass is 415 g/mol. The van der Waals surface area contributed by atoms with Gasteiger partial charge in [-0.05, 0) is 42.3 Å². The maximum atomic E-state index is 12.6. The van der Waals surface area contributed by atoms with Crippen molar-refractivity contribution in [3.8, 4) is 11.5 Å². The molecular weight excluding hydrogens is 390 g/mol. The van der Waals surface area contributed by atoms with Crippen molar-refractivity contribution in [3.05, 3.63) is 58.9 Å². The van der Waals surface area contributed by atoms with Gasteiger partial charge in [0.15, 0.2) is 11.5 Å². The van der Waals surface area contributed by atoms with E-state index in [4.69, 9.17) is 21.1 Å². The number of piperazine rings is 1. The molecule has 1 aromatic carbocycles. The van der Waals surface area contributed by atoms with Gasteiger partial charge in [0.1, 0.15) is 0 Å². The van der Waals surface area contributed by atoms with E-state index in [-0.39, 0.29) is 5.91 Å². The number of hydrogen-bond acceptors (Lipinski definition) is 5. The van der Waals surface area contributed by atoms with Crippen molar-refractivity contribution in [2.45, 2.75) is 13.5 Å². The topological polar surface area (TPSA) is 54.9 Å². The number of amides is 1. The molecule has 2 heterocycles. The van der Waals surface area contributed by atoms with Crippen LogP contribution in [0.2, 0.25) is 5.02 Å². The van der Waals surface area contributed by atoms with Gasteiger partial charge in [-0.1, -0.05) is 17.7 Å². The molecule has 0 aliphatic carbocycles. The molecule has 1 fully saturated rings. The van der Waals surface area contributed by atoms with Gasteiger partial charge in [0.2, 0.25) is 5.91 Å². The Bertz CT molecular complexity index is 850. The molecule has 0 spiro atoms. The minimum Gasteiger partial charge on any atom is -0.493 e. The lowest BCUT2D eigenvalue weighted by atomic mass is 10.1. The predicted octanol–water partition coefficient (Wildman–Crippen LogP) is 3.50. The summed E-state index contributed by atoms with van der Waals surface area (Å²) in [4.78, 5) is 20.9. The van der Waals surface area contributed by atoms with Crippen LogP contribution < -0.4 is 9.47 Å². The number of aromatic nitrogens is 1. The van der Waals surface area contributed by atoms with Crippen molar-refractivity contribution in [3.63, 3.8) is 0 Å². The molecule has 1 aliphatic heterocycles. The number of carbonyl (C=O) groups is 1. The van der Waals surface area contributed by atoms with Crippen LogP contribution in [0.4, 0.5) is 0 Å². The van der Waals surface area contributed by atoms with Gasteiger partial charge >= 0.3 is 0 Å². The summed E-state index contributed by atoms with van der Waals surface area (Å²) in [6.45, 7) is 6.34. The number of rotatable bonds is 7. The Morgan fingerprint density at radius 3 is 2.72 bits per heavy atom. The maximum absolute atomic E-state index is 12.6. The van der Waals surface area contributed by atoms with Crippen molar-refractivity contribution < 1.29 is 14.3 Å². The van der Waals surface area contributed by atoms with Crippen molar-refractivity contribution in [2.24, 2.45) is 0 Å². The van der Waals surface area contributed by atoms with E-state index < -0.39 is 0 Å². The number of carbonyl (C=O) groups excluding carboxylic acids is 1. The zero-order valence-corrected chi connectivity index (χ0v) is 17.6. The average Bonchev–Trinajstić information content (AvgIpc) is 2.75. The van der Waals surface area contributed by atoms with Crippen LogP contribution in [0.3, 0.4) is 0 Å². The first kappa shape index (κ1) is 21.1. The molecular formula is C22H26ClN3O3. The highest BCUT2D eigenvalue weighted by Gasteiger charge is 2.19. The molecule has 29 heavy (non-hydrogen) atoms. The average molecular weight is 416 g/mol. The highest BCUT2D eigenvalue weighted by atomic mass is 35.5. The van der Waals surface area contributed by atoms with Crippen molar-refractivity contribution in [1.29, 1.82) is 0 Å². The molecule has 3 rings (SSSR count). The van der Waals surface area contributed by atoms with Crippen molar-refractivity contribution >= 4 is 23.6 Å². The molecule has 154 valence electrons. The summed E-state index contributed by atoms with van der Waals surface area (Å²) >= 11 is 6.29. The van der Waals surface area contributed by atoms with Gasteiger partial charge in [0.05, 0.1) is 18.7 Å². The van der Waals surface area contributed by atoms with E-state index in [1.54, 1.807) is 31.5 Å². The minimum absolute atomic E-state index is 0.00463. The molecule has 1 saturated heterocycles. The fourth-order valence-electron chi connectivity index (χ4n) is 3.27. The highest BCUT2D eigenvalue weighted by molar-refractivity contribution is 6.32. The van der Waals surface area contributed by atoms with Gasteiger partial charge in [-0.15, -0.1) is 0 Å². The summed E-state index contributed by atoms with van der Waals surface area (Å²) in [7, 11) is 1.57. The zero-order valence-electron chi connectivity index (χ0n) is 16.8. The van der Waals surface area contributed by atoms with Gasteiger partial charge in [-0.25, -0.2) is 0 Å². The summed E-state index contributed by atoms with van der Waals surface area (Å²) in [6, 6.07) is 7.60. The summed E-state index contributed by atoms with van der Waals surface area (Å²) < 4.78 is 10.9. The number of nitrogens with zero attached hydrogens (tertiary/aromatic N) is 3. The van der Waals surface area contributed by atoms with Gasteiger partial charge < -0.3 is 14.4 Å². The molecule has 0 atom stereocenters. The zero-order chi connectivity index (χ0) is 20.6. The lowest BCUT2D eigenvalue weighted by Gasteiger charge is -2.34. The molecule has 0 radical (unpaired) electrons. The van der Waals surface area contributed by atoms with E-state index in [0.717, 1.165) is 25.2 Å². The quantitative estimate of drug-likeness (QED) is 0.648. The number of pyridine rings is 1. The van der Waals surface area contributed by atoms with Crippen LogP contribution in [0, 0.1) is 0 Å². The Labute approximate surface area is 176 Å². The standard InChI is InChI=1S/C22H26ClN3O3/c1-3-29-22-19(23)13-17(14-20(22)28-2)6-7-21(27)26-11-9-25(10-12-26)16-18-5-4-8-24-15-18/h4-8,13-15H,3,9-12,16H2,1-2H3/b7-6+. The molecule has 7 heteroatoms. The summed E-state index contributed by atoms with van der Waals surface area (Å²) in [5.74, 6) is 1.07. The Balaban J connectivity index is 1.57. The first-order chi connectivity index (χ1) is 14.1. The van der Waals surface area contributed by atoms with Gasteiger partial charge in [-0.2, -0.15) is 0 Å². The maximum Gasteiger partial charge on any atom is 0.246 e. The third kappa shape index (κ3) is 5.71. The second-order valence-corrected chi connectivity index (χ2v) is 7.17. The first-order valence-electron chi connectivity index (χ1n) is 9.69. The minimum atomic E-state index is -0.00463. The van der Waals surface area contributed by atoms with Crippen molar-refractivity contribution in [2.75, 3.05) is 39.9 Å². The van der Waals surface area contributed by atoms with E-state index in [9.17, 15) is 4.79 Å². The van der Waals surface area contributed by atoms with Gasteiger partial charge in [-0.3, -0.25) is 14.7 Å². The van der Waals surface area contributed by atoms with E-state index in [2.05, 4.69) is 16.0 Å². The summed E-state index contributed by atoms with van der Waals surface area (Å²) in [5, 5.41) is 0.460. The van der Waals surface area contributed by atoms with Crippen LogP contribution in [-0.2, 0) is 11.3 Å². The molecule has 1 aromatic heterocycles.